The van der Waals surface area contributed by atoms with Crippen LogP contribution in [-0.2, 0) is 4.79 Å². The van der Waals surface area contributed by atoms with E-state index in [0.29, 0.717) is 5.02 Å². The van der Waals surface area contributed by atoms with Gasteiger partial charge in [0.25, 0.3) is 5.91 Å². The van der Waals surface area contributed by atoms with Gasteiger partial charge in [0.15, 0.2) is 6.61 Å². The van der Waals surface area contributed by atoms with Crippen molar-refractivity contribution in [2.24, 2.45) is 0 Å². The van der Waals surface area contributed by atoms with E-state index in [1.165, 1.54) is 30.3 Å². The summed E-state index contributed by atoms with van der Waals surface area (Å²) in [4.78, 5) is 30.4. The van der Waals surface area contributed by atoms with E-state index in [1.54, 1.807) is 0 Å². The Hall–Kier alpha value is -4.04. The first-order valence-corrected chi connectivity index (χ1v) is 10.0. The van der Waals surface area contributed by atoms with E-state index >= 15 is 0 Å². The Labute approximate surface area is 204 Å². The minimum atomic E-state index is -4.86. The summed E-state index contributed by atoms with van der Waals surface area (Å²) in [6.45, 7) is -0.495. The summed E-state index contributed by atoms with van der Waals surface area (Å²) < 4.78 is 45.9. The Morgan fingerprint density at radius 2 is 1.77 bits per heavy atom. The zero-order valence-electron chi connectivity index (χ0n) is 17.1. The normalized spacial score (nSPS) is 10.9. The van der Waals surface area contributed by atoms with Crippen molar-refractivity contribution >= 4 is 52.1 Å². The molecule has 2 aromatic carbocycles. The molecule has 0 saturated carbocycles. The molecule has 0 radical (unpaired) electrons. The number of carbonyl (C=O) groups is 1. The fourth-order valence-corrected chi connectivity index (χ4v) is 2.97. The number of hydrogen-bond donors (Lipinski definition) is 3. The van der Waals surface area contributed by atoms with Crippen LogP contribution in [-0.4, -0.2) is 33.8 Å². The molecule has 0 atom stereocenters. The number of halogens is 5. The van der Waals surface area contributed by atoms with Gasteiger partial charge in [0.05, 0.1) is 9.95 Å². The zero-order chi connectivity index (χ0) is 25.6. The number of alkyl halides is 3. The molecule has 3 aromatic rings. The first-order chi connectivity index (χ1) is 16.5. The van der Waals surface area contributed by atoms with Crippen LogP contribution in [0.2, 0.25) is 10.0 Å². The number of ether oxygens (including phenoxy) is 2. The molecule has 3 rings (SSSR count). The number of benzene rings is 2. The van der Waals surface area contributed by atoms with Crippen LogP contribution in [0.4, 0.5) is 36.2 Å². The van der Waals surface area contributed by atoms with Crippen LogP contribution in [0.5, 0.6) is 11.5 Å². The highest BCUT2D eigenvalue weighted by Gasteiger charge is 2.31. The summed E-state index contributed by atoms with van der Waals surface area (Å²) in [5, 5.41) is 14.8. The summed E-state index contributed by atoms with van der Waals surface area (Å²) in [5.74, 6) is -1.68. The Balaban J connectivity index is 1.66. The molecule has 1 aromatic heterocycles. The molecule has 0 unspecified atom stereocenters. The summed E-state index contributed by atoms with van der Waals surface area (Å²) >= 11 is 11.7. The lowest BCUT2D eigenvalue weighted by Gasteiger charge is -2.12. The van der Waals surface area contributed by atoms with E-state index in [4.69, 9.17) is 27.9 Å². The van der Waals surface area contributed by atoms with Crippen molar-refractivity contribution in [3.8, 4) is 11.5 Å². The number of rotatable bonds is 9. The van der Waals surface area contributed by atoms with Gasteiger partial charge in [0.1, 0.15) is 17.8 Å². The van der Waals surface area contributed by atoms with Crippen molar-refractivity contribution < 1.29 is 32.4 Å². The van der Waals surface area contributed by atoms with Gasteiger partial charge in [-0.25, -0.2) is 9.97 Å². The van der Waals surface area contributed by atoms with E-state index in [0.717, 1.165) is 18.5 Å². The van der Waals surface area contributed by atoms with Crippen LogP contribution >= 0.6 is 23.2 Å². The summed E-state index contributed by atoms with van der Waals surface area (Å²) in [7, 11) is 0. The minimum Gasteiger partial charge on any atom is -0.482 e. The van der Waals surface area contributed by atoms with Gasteiger partial charge in [-0.05, 0) is 42.5 Å². The van der Waals surface area contributed by atoms with Crippen LogP contribution in [0, 0.1) is 10.1 Å². The SMILES string of the molecule is O=C(COc1ccc(Cl)cc1Cl)NNc1ncnc(Nc2ccc(OC(F)(F)F)cc2)c1[N+](=O)[O-]. The molecular formula is C19H13Cl2F3N6O5. The van der Waals surface area contributed by atoms with Gasteiger partial charge in [-0.2, -0.15) is 0 Å². The molecule has 16 heteroatoms. The van der Waals surface area contributed by atoms with Crippen LogP contribution in [0.3, 0.4) is 0 Å². The average Bonchev–Trinajstić information content (AvgIpc) is 2.77. The molecule has 0 fully saturated rings. The van der Waals surface area contributed by atoms with E-state index in [1.807, 2.05) is 0 Å². The van der Waals surface area contributed by atoms with Gasteiger partial charge in [-0.1, -0.05) is 23.2 Å². The quantitative estimate of drug-likeness (QED) is 0.260. The third-order valence-electron chi connectivity index (χ3n) is 3.93. The number of hydrazine groups is 1. The monoisotopic (exact) mass is 532 g/mol. The van der Waals surface area contributed by atoms with Crippen LogP contribution in [0.1, 0.15) is 0 Å². The summed E-state index contributed by atoms with van der Waals surface area (Å²) in [6, 6.07) is 8.80. The lowest BCUT2D eigenvalue weighted by molar-refractivity contribution is -0.383. The van der Waals surface area contributed by atoms with Gasteiger partial charge in [0.2, 0.25) is 11.6 Å². The fourth-order valence-electron chi connectivity index (χ4n) is 2.51. The first kappa shape index (κ1) is 25.6. The molecule has 184 valence electrons. The smallest absolute Gasteiger partial charge is 0.482 e. The van der Waals surface area contributed by atoms with Gasteiger partial charge >= 0.3 is 12.0 Å². The van der Waals surface area contributed by atoms with Crippen molar-refractivity contribution in [3.63, 3.8) is 0 Å². The van der Waals surface area contributed by atoms with Crippen molar-refractivity contribution in [3.05, 3.63) is 69.0 Å². The topological polar surface area (TPSA) is 141 Å². The van der Waals surface area contributed by atoms with Crippen LogP contribution in [0.25, 0.3) is 0 Å². The number of anilines is 3. The summed E-state index contributed by atoms with van der Waals surface area (Å²) in [5.41, 5.74) is 4.01. The molecule has 0 bridgehead atoms. The Kier molecular flexibility index (Phi) is 7.98. The predicted octanol–water partition coefficient (Wildman–Crippen LogP) is 4.86. The second kappa shape index (κ2) is 10.9. The van der Waals surface area contributed by atoms with Gasteiger partial charge in [-0.15, -0.1) is 13.2 Å². The number of nitrogens with zero attached hydrogens (tertiary/aromatic N) is 3. The second-order valence-electron chi connectivity index (χ2n) is 6.41. The largest absolute Gasteiger partial charge is 0.573 e. The molecule has 0 spiro atoms. The molecular weight excluding hydrogens is 520 g/mol. The van der Waals surface area contributed by atoms with Crippen molar-refractivity contribution in [1.29, 1.82) is 0 Å². The minimum absolute atomic E-state index is 0.171. The third kappa shape index (κ3) is 7.48. The summed E-state index contributed by atoms with van der Waals surface area (Å²) in [6.07, 6.45) is -3.90. The van der Waals surface area contributed by atoms with Crippen LogP contribution < -0.4 is 25.6 Å². The highest BCUT2D eigenvalue weighted by molar-refractivity contribution is 6.35. The standard InChI is InChI=1S/C19H13Cl2F3N6O5/c20-10-1-6-14(13(21)7-10)34-8-15(31)28-29-18-16(30(32)33)17(25-9-26-18)27-11-2-4-12(5-3-11)35-19(22,23)24/h1-7,9H,8H2,(H,28,31)(H2,25,26,27,29). The Morgan fingerprint density at radius 1 is 1.09 bits per heavy atom. The molecule has 11 nitrogen and oxygen atoms in total. The predicted molar refractivity (Wildman–Crippen MR) is 119 cm³/mol. The maximum Gasteiger partial charge on any atom is 0.573 e. The molecule has 0 aliphatic rings. The molecule has 1 heterocycles. The lowest BCUT2D eigenvalue weighted by Crippen LogP contribution is -2.34. The van der Waals surface area contributed by atoms with E-state index in [2.05, 4.69) is 30.9 Å². The molecule has 0 aliphatic heterocycles. The Bertz CT molecular complexity index is 1230. The number of amides is 1. The van der Waals surface area contributed by atoms with E-state index in [-0.39, 0.29) is 28.1 Å². The number of nitro groups is 1. The number of hydrogen-bond acceptors (Lipinski definition) is 9. The van der Waals surface area contributed by atoms with Crippen molar-refractivity contribution in [2.45, 2.75) is 6.36 Å². The fraction of sp³-hybridized carbons (Fsp3) is 0.105. The van der Waals surface area contributed by atoms with E-state index < -0.39 is 35.2 Å². The molecule has 0 saturated heterocycles. The van der Waals surface area contributed by atoms with Gasteiger partial charge in [0, 0.05) is 10.7 Å². The third-order valence-corrected chi connectivity index (χ3v) is 4.46. The maximum absolute atomic E-state index is 12.3. The second-order valence-corrected chi connectivity index (χ2v) is 7.25. The highest BCUT2D eigenvalue weighted by atomic mass is 35.5. The van der Waals surface area contributed by atoms with Gasteiger partial charge < -0.3 is 14.8 Å². The maximum atomic E-state index is 12.3. The van der Waals surface area contributed by atoms with E-state index in [9.17, 15) is 28.1 Å². The first-order valence-electron chi connectivity index (χ1n) is 9.27. The molecule has 35 heavy (non-hydrogen) atoms. The highest BCUT2D eigenvalue weighted by Crippen LogP contribution is 2.32. The number of aromatic nitrogens is 2. The van der Waals surface area contributed by atoms with Crippen molar-refractivity contribution in [2.75, 3.05) is 17.3 Å². The molecule has 0 aliphatic carbocycles. The zero-order valence-corrected chi connectivity index (χ0v) is 18.6. The lowest BCUT2D eigenvalue weighted by atomic mass is 10.3. The van der Waals surface area contributed by atoms with Crippen LogP contribution in [0.15, 0.2) is 48.8 Å². The number of carbonyl (C=O) groups excluding carboxylic acids is 1. The number of nitrogens with one attached hydrogen (secondary N) is 3. The van der Waals surface area contributed by atoms with Crippen molar-refractivity contribution in [1.82, 2.24) is 15.4 Å². The molecule has 3 N–H and O–H groups in total. The molecule has 1 amide bonds. The Morgan fingerprint density at radius 3 is 2.40 bits per heavy atom. The van der Waals surface area contributed by atoms with Gasteiger partial charge in [-0.3, -0.25) is 25.8 Å². The average molecular weight is 533 g/mol.